The molecular weight excluding hydrogens is 464 g/mol. The lowest BCUT2D eigenvalue weighted by Crippen LogP contribution is -2.44. The minimum Gasteiger partial charge on any atom is -0.512 e. The molecule has 0 aliphatic carbocycles. The maximum atomic E-state index is 13.3. The average Bonchev–Trinajstić information content (AvgIpc) is 3.13. The molecule has 0 saturated carbocycles. The van der Waals surface area contributed by atoms with Gasteiger partial charge >= 0.3 is 0 Å². The Morgan fingerprint density at radius 3 is 2.67 bits per heavy atom. The van der Waals surface area contributed by atoms with Crippen LogP contribution in [0.1, 0.15) is 26.8 Å². The van der Waals surface area contributed by atoms with Gasteiger partial charge in [-0.25, -0.2) is 0 Å². The monoisotopic (exact) mass is 490 g/mol. The van der Waals surface area contributed by atoms with Crippen LogP contribution in [0.25, 0.3) is 0 Å². The molecular formula is C23H27ClN4O4S. The van der Waals surface area contributed by atoms with Gasteiger partial charge in [0.1, 0.15) is 11.9 Å². The average molecular weight is 491 g/mol. The molecule has 2 aromatic rings. The van der Waals surface area contributed by atoms with E-state index in [1.165, 1.54) is 19.1 Å². The zero-order valence-electron chi connectivity index (χ0n) is 18.1. The third kappa shape index (κ3) is 4.84. The topological polar surface area (TPSA) is 116 Å². The van der Waals surface area contributed by atoms with Crippen LogP contribution < -0.4 is 15.5 Å². The highest BCUT2D eigenvalue weighted by molar-refractivity contribution is 7.90. The second-order valence-electron chi connectivity index (χ2n) is 8.14. The molecule has 4 rings (SSSR count). The van der Waals surface area contributed by atoms with Crippen LogP contribution in [0, 0.1) is 0 Å². The number of aliphatic hydroxyl groups excluding tert-OH is 1. The molecule has 0 unspecified atom stereocenters. The summed E-state index contributed by atoms with van der Waals surface area (Å²) < 4.78 is 28.4. The van der Waals surface area contributed by atoms with Crippen molar-refractivity contribution in [3.63, 3.8) is 0 Å². The molecule has 8 nitrogen and oxygen atoms in total. The summed E-state index contributed by atoms with van der Waals surface area (Å²) >= 11 is 6.15. The van der Waals surface area contributed by atoms with E-state index in [1.807, 2.05) is 18.2 Å². The molecule has 1 fully saturated rings. The Morgan fingerprint density at radius 2 is 1.97 bits per heavy atom. The predicted molar refractivity (Wildman–Crippen MR) is 132 cm³/mol. The number of nitrogens with two attached hydrogens (primary N) is 1. The first-order valence-corrected chi connectivity index (χ1v) is 12.4. The number of hydrogen-bond acceptors (Lipinski definition) is 5. The van der Waals surface area contributed by atoms with Crippen molar-refractivity contribution < 1.29 is 19.7 Å². The summed E-state index contributed by atoms with van der Waals surface area (Å²) in [6, 6.07) is 11.5. The van der Waals surface area contributed by atoms with E-state index in [-0.39, 0.29) is 29.9 Å². The van der Waals surface area contributed by atoms with E-state index in [0.717, 1.165) is 36.7 Å². The molecule has 33 heavy (non-hydrogen) atoms. The minimum absolute atomic E-state index is 0. The number of carbonyl (C=O) groups is 1. The van der Waals surface area contributed by atoms with Gasteiger partial charge in [0.05, 0.1) is 10.7 Å². The van der Waals surface area contributed by atoms with Gasteiger partial charge in [-0.1, -0.05) is 11.6 Å². The zero-order valence-corrected chi connectivity index (χ0v) is 19.7. The fourth-order valence-electron chi connectivity index (χ4n) is 4.36. The second-order valence-corrected chi connectivity index (χ2v) is 10.2. The SMILES string of the molecule is C/C(O)=C/C(N)=NS(=O)(=O)c1ccc(N2CC[C@H](N3CCCc4cc(Cl)ccc43)C2=O)cc1.[HH]. The summed E-state index contributed by atoms with van der Waals surface area (Å²) in [6.07, 6.45) is 3.63. The van der Waals surface area contributed by atoms with E-state index < -0.39 is 10.0 Å². The van der Waals surface area contributed by atoms with Crippen molar-refractivity contribution in [2.75, 3.05) is 22.9 Å². The Morgan fingerprint density at radius 1 is 1.24 bits per heavy atom. The maximum absolute atomic E-state index is 13.3. The van der Waals surface area contributed by atoms with Crippen molar-refractivity contribution in [2.45, 2.75) is 37.1 Å². The Labute approximate surface area is 199 Å². The number of amides is 1. The second kappa shape index (κ2) is 9.07. The van der Waals surface area contributed by atoms with Gasteiger partial charge in [-0.15, -0.1) is 4.40 Å². The van der Waals surface area contributed by atoms with E-state index in [4.69, 9.17) is 17.3 Å². The highest BCUT2D eigenvalue weighted by Crippen LogP contribution is 2.35. The quantitative estimate of drug-likeness (QED) is 0.375. The van der Waals surface area contributed by atoms with E-state index >= 15 is 0 Å². The van der Waals surface area contributed by atoms with Gasteiger partial charge in [0, 0.05) is 37.0 Å². The molecule has 10 heteroatoms. The van der Waals surface area contributed by atoms with Gasteiger partial charge in [-0.3, -0.25) is 4.79 Å². The fraction of sp³-hybridized carbons (Fsp3) is 0.304. The van der Waals surface area contributed by atoms with Crippen LogP contribution in [0.15, 0.2) is 63.6 Å². The normalized spacial score (nSPS) is 19.7. The summed E-state index contributed by atoms with van der Waals surface area (Å²) in [5.74, 6) is -0.484. The molecule has 0 spiro atoms. The molecule has 0 radical (unpaired) electrons. The van der Waals surface area contributed by atoms with Crippen molar-refractivity contribution in [3.05, 3.63) is 64.9 Å². The van der Waals surface area contributed by atoms with Crippen LogP contribution in [0.3, 0.4) is 0 Å². The number of amidine groups is 1. The fourth-order valence-corrected chi connectivity index (χ4v) is 5.47. The Balaban J connectivity index is 0.00000324. The Bertz CT molecular complexity index is 1240. The summed E-state index contributed by atoms with van der Waals surface area (Å²) in [5, 5.41) is 9.91. The molecule has 3 N–H and O–H groups in total. The third-order valence-electron chi connectivity index (χ3n) is 5.78. The first-order valence-electron chi connectivity index (χ1n) is 10.6. The van der Waals surface area contributed by atoms with Gasteiger partial charge in [-0.05, 0) is 74.2 Å². The molecule has 2 aliphatic rings. The Hall–Kier alpha value is -3.04. The number of aliphatic hydroxyl groups is 1. The number of sulfonamides is 1. The summed E-state index contributed by atoms with van der Waals surface area (Å²) in [6.45, 7) is 2.71. The van der Waals surface area contributed by atoms with Crippen molar-refractivity contribution in [1.82, 2.24) is 0 Å². The van der Waals surface area contributed by atoms with Crippen molar-refractivity contribution >= 4 is 44.7 Å². The number of aryl methyl sites for hydroxylation is 1. The molecule has 1 amide bonds. The predicted octanol–water partition coefficient (Wildman–Crippen LogP) is 3.65. The summed E-state index contributed by atoms with van der Waals surface area (Å²) in [4.78, 5) is 17.1. The van der Waals surface area contributed by atoms with Crippen molar-refractivity contribution in [3.8, 4) is 0 Å². The molecule has 1 saturated heterocycles. The van der Waals surface area contributed by atoms with E-state index in [2.05, 4.69) is 9.30 Å². The zero-order chi connectivity index (χ0) is 23.8. The number of halogens is 1. The minimum atomic E-state index is -4.04. The summed E-state index contributed by atoms with van der Waals surface area (Å²) in [5.41, 5.74) is 8.37. The Kier molecular flexibility index (Phi) is 6.36. The number of anilines is 2. The lowest BCUT2D eigenvalue weighted by atomic mass is 9.99. The van der Waals surface area contributed by atoms with E-state index in [0.29, 0.717) is 23.7 Å². The van der Waals surface area contributed by atoms with Crippen molar-refractivity contribution in [1.29, 1.82) is 0 Å². The largest absolute Gasteiger partial charge is 0.512 e. The highest BCUT2D eigenvalue weighted by Gasteiger charge is 2.38. The third-order valence-corrected chi connectivity index (χ3v) is 7.33. The van der Waals surface area contributed by atoms with Gasteiger partial charge in [-0.2, -0.15) is 8.42 Å². The van der Waals surface area contributed by atoms with Crippen LogP contribution in [0.2, 0.25) is 5.02 Å². The molecule has 2 aliphatic heterocycles. The number of hydrogen-bond donors (Lipinski definition) is 2. The van der Waals surface area contributed by atoms with Crippen LogP contribution in [-0.2, 0) is 21.2 Å². The standard InChI is InChI=1S/C23H25ClN4O4S.H2/c1-15(29)13-22(25)26-33(31,32)19-7-5-18(6-8-19)27-12-10-21(23(27)30)28-11-2-3-16-14-17(24)4-9-20(16)28;/h4-9,13-14,21,29H,2-3,10-12H2,1H3,(H2,25,26);1H/b15-13-;/t21-;/m0./s1. The lowest BCUT2D eigenvalue weighted by molar-refractivity contribution is -0.118. The number of carbonyl (C=O) groups excluding carboxylic acids is 1. The number of benzene rings is 2. The number of allylic oxidation sites excluding steroid dienone is 1. The molecule has 2 aromatic carbocycles. The van der Waals surface area contributed by atoms with E-state index in [9.17, 15) is 18.3 Å². The van der Waals surface area contributed by atoms with Crippen molar-refractivity contribution in [2.24, 2.45) is 10.1 Å². The highest BCUT2D eigenvalue weighted by atomic mass is 35.5. The molecule has 0 aromatic heterocycles. The molecule has 0 bridgehead atoms. The first-order chi connectivity index (χ1) is 15.7. The van der Waals surface area contributed by atoms with E-state index in [1.54, 1.807) is 17.0 Å². The smallest absolute Gasteiger partial charge is 0.284 e. The van der Waals surface area contributed by atoms with Gasteiger partial charge in [0.25, 0.3) is 10.0 Å². The van der Waals surface area contributed by atoms with Crippen LogP contribution in [0.4, 0.5) is 11.4 Å². The number of rotatable bonds is 5. The van der Waals surface area contributed by atoms with Gasteiger partial charge < -0.3 is 20.6 Å². The maximum Gasteiger partial charge on any atom is 0.284 e. The number of fused-ring (bicyclic) bond motifs is 1. The molecule has 176 valence electrons. The number of nitrogens with zero attached hydrogens (tertiary/aromatic N) is 3. The first kappa shape index (κ1) is 23.1. The summed E-state index contributed by atoms with van der Waals surface area (Å²) in [7, 11) is -4.04. The lowest BCUT2D eigenvalue weighted by Gasteiger charge is -2.35. The van der Waals surface area contributed by atoms with Crippen LogP contribution >= 0.6 is 11.6 Å². The van der Waals surface area contributed by atoms with Crippen LogP contribution in [-0.4, -0.2) is 44.4 Å². The van der Waals surface area contributed by atoms with Gasteiger partial charge in [0.15, 0.2) is 0 Å². The van der Waals surface area contributed by atoms with Gasteiger partial charge in [0.2, 0.25) is 5.91 Å². The molecule has 1 atom stereocenters. The van der Waals surface area contributed by atoms with Crippen LogP contribution in [0.5, 0.6) is 0 Å². The molecule has 2 heterocycles.